The van der Waals surface area contributed by atoms with Gasteiger partial charge < -0.3 is 14.2 Å². The number of hydrogen-bond acceptors (Lipinski definition) is 6. The zero-order valence-corrected chi connectivity index (χ0v) is 21.3. The number of pyridine rings is 1. The summed E-state index contributed by atoms with van der Waals surface area (Å²) in [6.45, 7) is 4.54. The van der Waals surface area contributed by atoms with Crippen molar-refractivity contribution in [2.45, 2.75) is 83.2 Å². The standard InChI is InChI=1S/C30H39NO5/c1-2-29(32)35-22-12-7-5-3-4-6-11-21-34-27-19-20-28(31-23-27)24-15-17-25(18-16-24)30(33)36-26-13-9-8-10-14-26/h2,15-20,23,26H,1,3-14,21-22H2. The van der Waals surface area contributed by atoms with Crippen LogP contribution in [0.3, 0.4) is 0 Å². The summed E-state index contributed by atoms with van der Waals surface area (Å²) in [7, 11) is 0. The van der Waals surface area contributed by atoms with Crippen molar-refractivity contribution in [3.63, 3.8) is 0 Å². The van der Waals surface area contributed by atoms with Crippen LogP contribution in [0.2, 0.25) is 0 Å². The monoisotopic (exact) mass is 493 g/mol. The Morgan fingerprint density at radius 3 is 2.17 bits per heavy atom. The first kappa shape index (κ1) is 27.4. The summed E-state index contributed by atoms with van der Waals surface area (Å²) in [6.07, 6.45) is 16.1. The highest BCUT2D eigenvalue weighted by atomic mass is 16.5. The molecule has 0 unspecified atom stereocenters. The van der Waals surface area contributed by atoms with Gasteiger partial charge in [-0.05, 0) is 62.8 Å². The molecule has 0 spiro atoms. The van der Waals surface area contributed by atoms with Crippen LogP contribution in [0, 0.1) is 0 Å². The summed E-state index contributed by atoms with van der Waals surface area (Å²) in [6, 6.07) is 11.3. The van der Waals surface area contributed by atoms with Crippen LogP contribution in [0.4, 0.5) is 0 Å². The molecular formula is C30H39NO5. The number of benzene rings is 1. The van der Waals surface area contributed by atoms with Crippen LogP contribution in [0.25, 0.3) is 11.3 Å². The average Bonchev–Trinajstić information content (AvgIpc) is 2.92. The van der Waals surface area contributed by atoms with E-state index in [0.717, 1.165) is 74.8 Å². The molecule has 36 heavy (non-hydrogen) atoms. The van der Waals surface area contributed by atoms with Crippen LogP contribution in [-0.4, -0.2) is 36.2 Å². The zero-order valence-electron chi connectivity index (χ0n) is 21.3. The molecule has 6 nitrogen and oxygen atoms in total. The number of aromatic nitrogens is 1. The SMILES string of the molecule is C=CC(=O)OCCCCCCCCCOc1ccc(-c2ccc(C(=O)OC3CCCCC3)cc2)nc1. The molecule has 1 heterocycles. The Balaban J connectivity index is 1.28. The van der Waals surface area contributed by atoms with E-state index >= 15 is 0 Å². The highest BCUT2D eigenvalue weighted by Crippen LogP contribution is 2.23. The molecule has 1 aliphatic carbocycles. The van der Waals surface area contributed by atoms with E-state index in [0.29, 0.717) is 18.8 Å². The molecule has 0 aliphatic heterocycles. The molecular weight excluding hydrogens is 454 g/mol. The van der Waals surface area contributed by atoms with E-state index in [9.17, 15) is 9.59 Å². The van der Waals surface area contributed by atoms with Crippen LogP contribution in [0.5, 0.6) is 5.75 Å². The fourth-order valence-corrected chi connectivity index (χ4v) is 4.33. The summed E-state index contributed by atoms with van der Waals surface area (Å²) in [5.74, 6) is 0.180. The molecule has 194 valence electrons. The molecule has 0 amide bonds. The Labute approximate surface area is 215 Å². The minimum atomic E-state index is -0.345. The predicted octanol–water partition coefficient (Wildman–Crippen LogP) is 7.08. The summed E-state index contributed by atoms with van der Waals surface area (Å²) < 4.78 is 16.4. The van der Waals surface area contributed by atoms with Crippen LogP contribution in [0.1, 0.15) is 87.4 Å². The second-order valence-electron chi connectivity index (χ2n) is 9.32. The molecule has 0 N–H and O–H groups in total. The first-order valence-corrected chi connectivity index (χ1v) is 13.3. The normalized spacial score (nSPS) is 13.7. The minimum Gasteiger partial charge on any atom is -0.492 e. The maximum Gasteiger partial charge on any atom is 0.338 e. The predicted molar refractivity (Wildman–Crippen MR) is 141 cm³/mol. The number of carbonyl (C=O) groups excluding carboxylic acids is 2. The van der Waals surface area contributed by atoms with Crippen molar-refractivity contribution in [2.24, 2.45) is 0 Å². The van der Waals surface area contributed by atoms with Crippen molar-refractivity contribution in [1.29, 1.82) is 0 Å². The number of ether oxygens (including phenoxy) is 3. The van der Waals surface area contributed by atoms with Crippen LogP contribution in [-0.2, 0) is 14.3 Å². The summed E-state index contributed by atoms with van der Waals surface area (Å²) >= 11 is 0. The Kier molecular flexibility index (Phi) is 12.0. The van der Waals surface area contributed by atoms with Crippen molar-refractivity contribution in [3.05, 3.63) is 60.8 Å². The molecule has 1 aliphatic rings. The molecule has 0 radical (unpaired) electrons. The summed E-state index contributed by atoms with van der Waals surface area (Å²) in [5.41, 5.74) is 2.38. The van der Waals surface area contributed by atoms with Gasteiger partial charge in [-0.25, -0.2) is 9.59 Å². The third kappa shape index (κ3) is 9.84. The Morgan fingerprint density at radius 2 is 1.53 bits per heavy atom. The number of rotatable bonds is 15. The summed E-state index contributed by atoms with van der Waals surface area (Å²) in [5, 5.41) is 0. The highest BCUT2D eigenvalue weighted by Gasteiger charge is 2.18. The van der Waals surface area contributed by atoms with E-state index in [1.54, 1.807) is 6.20 Å². The van der Waals surface area contributed by atoms with Crippen LogP contribution < -0.4 is 4.74 Å². The average molecular weight is 494 g/mol. The lowest BCUT2D eigenvalue weighted by Gasteiger charge is -2.21. The van der Waals surface area contributed by atoms with E-state index in [-0.39, 0.29) is 18.0 Å². The Bertz CT molecular complexity index is 933. The molecule has 1 fully saturated rings. The molecule has 6 heteroatoms. The number of carbonyl (C=O) groups is 2. The van der Waals surface area contributed by atoms with Gasteiger partial charge in [-0.3, -0.25) is 4.98 Å². The van der Waals surface area contributed by atoms with Crippen molar-refractivity contribution in [2.75, 3.05) is 13.2 Å². The van der Waals surface area contributed by atoms with Crippen molar-refractivity contribution in [1.82, 2.24) is 4.98 Å². The third-order valence-corrected chi connectivity index (χ3v) is 6.45. The fraction of sp³-hybridized carbons (Fsp3) is 0.500. The van der Waals surface area contributed by atoms with Gasteiger partial charge in [-0.2, -0.15) is 0 Å². The number of esters is 2. The first-order chi connectivity index (χ1) is 17.7. The van der Waals surface area contributed by atoms with E-state index in [4.69, 9.17) is 14.2 Å². The molecule has 0 bridgehead atoms. The lowest BCUT2D eigenvalue weighted by atomic mass is 9.98. The van der Waals surface area contributed by atoms with Crippen LogP contribution >= 0.6 is 0 Å². The van der Waals surface area contributed by atoms with E-state index in [1.807, 2.05) is 36.4 Å². The lowest BCUT2D eigenvalue weighted by Crippen LogP contribution is -2.20. The van der Waals surface area contributed by atoms with Gasteiger partial charge in [0.15, 0.2) is 0 Å². The van der Waals surface area contributed by atoms with Crippen molar-refractivity contribution < 1.29 is 23.8 Å². The molecule has 0 atom stereocenters. The highest BCUT2D eigenvalue weighted by molar-refractivity contribution is 5.90. The van der Waals surface area contributed by atoms with Crippen molar-refractivity contribution in [3.8, 4) is 17.0 Å². The van der Waals surface area contributed by atoms with Gasteiger partial charge in [0.25, 0.3) is 0 Å². The van der Waals surface area contributed by atoms with Gasteiger partial charge >= 0.3 is 11.9 Å². The molecule has 0 saturated heterocycles. The Hall–Kier alpha value is -3.15. The molecule has 1 aromatic heterocycles. The van der Waals surface area contributed by atoms with Gasteiger partial charge in [0.1, 0.15) is 11.9 Å². The van der Waals surface area contributed by atoms with Gasteiger partial charge in [0.05, 0.1) is 30.7 Å². The fourth-order valence-electron chi connectivity index (χ4n) is 4.33. The largest absolute Gasteiger partial charge is 0.492 e. The van der Waals surface area contributed by atoms with E-state index in [2.05, 4.69) is 11.6 Å². The van der Waals surface area contributed by atoms with Gasteiger partial charge in [-0.15, -0.1) is 0 Å². The molecule has 1 saturated carbocycles. The number of unbranched alkanes of at least 4 members (excludes halogenated alkanes) is 6. The summed E-state index contributed by atoms with van der Waals surface area (Å²) in [4.78, 5) is 27.9. The quantitative estimate of drug-likeness (QED) is 0.150. The lowest BCUT2D eigenvalue weighted by molar-refractivity contribution is -0.137. The van der Waals surface area contributed by atoms with E-state index < -0.39 is 0 Å². The van der Waals surface area contributed by atoms with Gasteiger partial charge in [-0.1, -0.05) is 57.2 Å². The first-order valence-electron chi connectivity index (χ1n) is 13.3. The molecule has 1 aromatic carbocycles. The van der Waals surface area contributed by atoms with Crippen molar-refractivity contribution >= 4 is 11.9 Å². The topological polar surface area (TPSA) is 74.7 Å². The molecule has 3 rings (SSSR count). The zero-order chi connectivity index (χ0) is 25.4. The van der Waals surface area contributed by atoms with Crippen LogP contribution in [0.15, 0.2) is 55.3 Å². The maximum absolute atomic E-state index is 12.4. The maximum atomic E-state index is 12.4. The van der Waals surface area contributed by atoms with E-state index in [1.165, 1.54) is 25.3 Å². The van der Waals surface area contributed by atoms with Gasteiger partial charge in [0, 0.05) is 11.6 Å². The second kappa shape index (κ2) is 15.8. The minimum absolute atomic E-state index is 0.0622. The smallest absolute Gasteiger partial charge is 0.338 e. The third-order valence-electron chi connectivity index (χ3n) is 6.45. The number of hydrogen-bond donors (Lipinski definition) is 0. The Morgan fingerprint density at radius 1 is 0.861 bits per heavy atom. The second-order valence-corrected chi connectivity index (χ2v) is 9.32. The molecule has 2 aromatic rings. The van der Waals surface area contributed by atoms with Gasteiger partial charge in [0.2, 0.25) is 0 Å². The number of nitrogens with zero attached hydrogens (tertiary/aromatic N) is 1.